The van der Waals surface area contributed by atoms with E-state index in [2.05, 4.69) is 37.2 Å². The quantitative estimate of drug-likeness (QED) is 0.120. The van der Waals surface area contributed by atoms with E-state index in [1.54, 1.807) is 27.7 Å². The average Bonchev–Trinajstić information content (AvgIpc) is 2.94. The highest BCUT2D eigenvalue weighted by molar-refractivity contribution is 5.77. The molecule has 0 aromatic rings. The number of piperidine rings is 2. The van der Waals surface area contributed by atoms with E-state index in [9.17, 15) is 29.4 Å². The number of methoxy groups -OCH3 is 2. The zero-order valence-corrected chi connectivity index (χ0v) is 34.5. The van der Waals surface area contributed by atoms with Crippen molar-refractivity contribution in [1.29, 1.82) is 0 Å². The largest absolute Gasteiger partial charge is 0.469 e. The smallest absolute Gasteiger partial charge is 0.306 e. The first-order valence-electron chi connectivity index (χ1n) is 18.4. The van der Waals surface area contributed by atoms with Crippen molar-refractivity contribution in [3.8, 4) is 0 Å². The van der Waals surface area contributed by atoms with Crippen molar-refractivity contribution in [1.82, 2.24) is 10.1 Å². The third-order valence-electron chi connectivity index (χ3n) is 8.80. The molecule has 304 valence electrons. The van der Waals surface area contributed by atoms with E-state index in [1.807, 2.05) is 37.8 Å². The van der Waals surface area contributed by atoms with E-state index in [0.29, 0.717) is 51.4 Å². The van der Waals surface area contributed by atoms with Gasteiger partial charge in [0, 0.05) is 60.7 Å². The molecule has 0 amide bonds. The standard InChI is InChI=1S/C20H37NO6.C18H33NO6/c1-18(2)12-15(27-17(23)11-9-8-10-16(22)25-7)13-19(3,4)21(18)26-14-20(5,6)24;1-16(2)10-13(25-15(21)9-8-14(20)23-7)11-17(3,4)19(16)24-12-18(5,6)22/h15,24H,8-14H2,1-7H3;13,22H,8-12H2,1-7H3. The lowest BCUT2D eigenvalue weighted by molar-refractivity contribution is -0.307. The van der Waals surface area contributed by atoms with Gasteiger partial charge in [-0.05, 0) is 95.9 Å². The van der Waals surface area contributed by atoms with Crippen molar-refractivity contribution in [2.45, 2.75) is 193 Å². The minimum Gasteiger partial charge on any atom is -0.469 e. The highest BCUT2D eigenvalue weighted by Gasteiger charge is 2.49. The van der Waals surface area contributed by atoms with Gasteiger partial charge in [-0.2, -0.15) is 10.1 Å². The molecule has 0 spiro atoms. The van der Waals surface area contributed by atoms with Gasteiger partial charge in [0.2, 0.25) is 0 Å². The van der Waals surface area contributed by atoms with Crippen molar-refractivity contribution in [2.24, 2.45) is 0 Å². The number of aliphatic hydroxyl groups is 2. The monoisotopic (exact) mass is 746 g/mol. The molecule has 0 saturated carbocycles. The maximum Gasteiger partial charge on any atom is 0.306 e. The predicted molar refractivity (Wildman–Crippen MR) is 194 cm³/mol. The molecular formula is C38H70N2O12. The zero-order chi connectivity index (χ0) is 40.3. The number of hydrogen-bond acceptors (Lipinski definition) is 14. The minimum atomic E-state index is -0.927. The first-order valence-corrected chi connectivity index (χ1v) is 18.4. The fourth-order valence-electron chi connectivity index (χ4n) is 7.09. The summed E-state index contributed by atoms with van der Waals surface area (Å²) in [5, 5.41) is 23.7. The summed E-state index contributed by atoms with van der Waals surface area (Å²) in [5.74, 6) is -1.31. The normalized spacial score (nSPS) is 20.6. The third kappa shape index (κ3) is 17.2. The lowest BCUT2D eigenvalue weighted by Gasteiger charge is -2.53. The van der Waals surface area contributed by atoms with Crippen LogP contribution in [0.4, 0.5) is 0 Å². The first kappa shape index (κ1) is 47.7. The summed E-state index contributed by atoms with van der Waals surface area (Å²) < 4.78 is 20.4. The SMILES string of the molecule is COC(=O)CCC(=O)OC1CC(C)(C)N(OCC(C)(C)O)C(C)(C)C1.COC(=O)CCCCC(=O)OC1CC(C)(C)N(OCC(C)(C)O)C(C)(C)C1. The molecule has 2 aliphatic heterocycles. The van der Waals surface area contributed by atoms with Crippen LogP contribution in [0.2, 0.25) is 0 Å². The lowest BCUT2D eigenvalue weighted by Crippen LogP contribution is -2.62. The lowest BCUT2D eigenvalue weighted by atomic mass is 9.80. The second kappa shape index (κ2) is 19.3. The van der Waals surface area contributed by atoms with Crippen molar-refractivity contribution in [3.63, 3.8) is 0 Å². The number of esters is 4. The fourth-order valence-corrected chi connectivity index (χ4v) is 7.09. The fraction of sp³-hybridized carbons (Fsp3) is 0.895. The average molecular weight is 747 g/mol. The molecule has 52 heavy (non-hydrogen) atoms. The Balaban J connectivity index is 0.000000522. The van der Waals surface area contributed by atoms with E-state index in [0.717, 1.165) is 0 Å². The Morgan fingerprint density at radius 3 is 1.12 bits per heavy atom. The molecule has 0 aliphatic carbocycles. The summed E-state index contributed by atoms with van der Waals surface area (Å²) in [7, 11) is 2.65. The Labute approximate surface area is 312 Å². The number of hydroxylamine groups is 4. The number of ether oxygens (including phenoxy) is 4. The van der Waals surface area contributed by atoms with Gasteiger partial charge in [-0.3, -0.25) is 28.9 Å². The van der Waals surface area contributed by atoms with Crippen LogP contribution in [0.15, 0.2) is 0 Å². The van der Waals surface area contributed by atoms with E-state index in [4.69, 9.17) is 19.1 Å². The van der Waals surface area contributed by atoms with Crippen LogP contribution in [0.3, 0.4) is 0 Å². The molecule has 0 atom stereocenters. The number of rotatable bonds is 16. The molecule has 2 aliphatic rings. The summed E-state index contributed by atoms with van der Waals surface area (Å²) in [6.45, 7) is 23.5. The van der Waals surface area contributed by atoms with Crippen LogP contribution in [0, 0.1) is 0 Å². The zero-order valence-electron chi connectivity index (χ0n) is 34.5. The second-order valence-electron chi connectivity index (χ2n) is 17.9. The van der Waals surface area contributed by atoms with Crippen LogP contribution in [0.5, 0.6) is 0 Å². The maximum atomic E-state index is 12.2. The third-order valence-corrected chi connectivity index (χ3v) is 8.80. The van der Waals surface area contributed by atoms with Crippen molar-refractivity contribution < 1.29 is 58.0 Å². The van der Waals surface area contributed by atoms with Gasteiger partial charge in [0.1, 0.15) is 12.2 Å². The van der Waals surface area contributed by atoms with Gasteiger partial charge in [0.25, 0.3) is 0 Å². The van der Waals surface area contributed by atoms with Gasteiger partial charge in [0.05, 0.1) is 51.5 Å². The Hall–Kier alpha value is -2.36. The number of unbranched alkanes of at least 4 members (excludes halogenated alkanes) is 1. The van der Waals surface area contributed by atoms with Gasteiger partial charge in [-0.25, -0.2) is 0 Å². The van der Waals surface area contributed by atoms with Crippen LogP contribution < -0.4 is 0 Å². The van der Waals surface area contributed by atoms with Crippen LogP contribution >= 0.6 is 0 Å². The first-order chi connectivity index (χ1) is 23.5. The molecule has 0 unspecified atom stereocenters. The van der Waals surface area contributed by atoms with Crippen molar-refractivity contribution in [2.75, 3.05) is 27.4 Å². The summed E-state index contributed by atoms with van der Waals surface area (Å²) in [5.41, 5.74) is -3.28. The van der Waals surface area contributed by atoms with Gasteiger partial charge in [0.15, 0.2) is 0 Å². The summed E-state index contributed by atoms with van der Waals surface area (Å²) >= 11 is 0. The van der Waals surface area contributed by atoms with Crippen LogP contribution in [0.1, 0.15) is 147 Å². The highest BCUT2D eigenvalue weighted by Crippen LogP contribution is 2.41. The molecular weight excluding hydrogens is 676 g/mol. The number of carbonyl (C=O) groups excluding carboxylic acids is 4. The summed E-state index contributed by atoms with van der Waals surface area (Å²) in [4.78, 5) is 58.2. The number of carbonyl (C=O) groups is 4. The van der Waals surface area contributed by atoms with E-state index in [1.165, 1.54) is 14.2 Å². The van der Waals surface area contributed by atoms with Crippen LogP contribution in [-0.4, -0.2) is 117 Å². The molecule has 0 aromatic heterocycles. The van der Waals surface area contributed by atoms with Gasteiger partial charge < -0.3 is 29.2 Å². The van der Waals surface area contributed by atoms with Gasteiger partial charge >= 0.3 is 23.9 Å². The molecule has 2 fully saturated rings. The Kier molecular flexibility index (Phi) is 17.7. The topological polar surface area (TPSA) is 171 Å². The number of hydrogen-bond donors (Lipinski definition) is 2. The second-order valence-corrected chi connectivity index (χ2v) is 17.9. The number of nitrogens with zero attached hydrogens (tertiary/aromatic N) is 2. The molecule has 2 N–H and O–H groups in total. The molecule has 0 aromatic carbocycles. The minimum absolute atomic E-state index is 0.0168. The Morgan fingerprint density at radius 1 is 0.538 bits per heavy atom. The van der Waals surface area contributed by atoms with E-state index < -0.39 is 23.1 Å². The van der Waals surface area contributed by atoms with Gasteiger partial charge in [-0.1, -0.05) is 0 Å². The van der Waals surface area contributed by atoms with Crippen molar-refractivity contribution in [3.05, 3.63) is 0 Å². The Morgan fingerprint density at radius 2 is 0.808 bits per heavy atom. The van der Waals surface area contributed by atoms with Crippen molar-refractivity contribution >= 4 is 23.9 Å². The van der Waals surface area contributed by atoms with E-state index >= 15 is 0 Å². The van der Waals surface area contributed by atoms with E-state index in [-0.39, 0.29) is 72.4 Å². The summed E-state index contributed by atoms with van der Waals surface area (Å²) in [6, 6.07) is 0. The van der Waals surface area contributed by atoms with Crippen LogP contribution in [0.25, 0.3) is 0 Å². The highest BCUT2D eigenvalue weighted by atomic mass is 16.7. The molecule has 2 rings (SSSR count). The molecule has 14 heteroatoms. The summed E-state index contributed by atoms with van der Waals surface area (Å²) in [6.07, 6.45) is 3.94. The molecule has 0 bridgehead atoms. The molecule has 0 radical (unpaired) electrons. The molecule has 2 heterocycles. The van der Waals surface area contributed by atoms with Gasteiger partial charge in [-0.15, -0.1) is 0 Å². The molecule has 14 nitrogen and oxygen atoms in total. The Bertz CT molecular complexity index is 1130. The molecule has 2 saturated heterocycles. The maximum absolute atomic E-state index is 12.2. The van der Waals surface area contributed by atoms with Crippen LogP contribution in [-0.2, 0) is 47.8 Å². The predicted octanol–water partition coefficient (Wildman–Crippen LogP) is 5.19.